The van der Waals surface area contributed by atoms with Crippen LogP contribution in [-0.4, -0.2) is 44.5 Å². The normalized spacial score (nSPS) is 17.9. The summed E-state index contributed by atoms with van der Waals surface area (Å²) < 4.78 is 4.95. The standard InChI is InChI=1S/C21H23N3O4/c1-22-20(26)14-7-9-17(10-8-14)23-19(25)13-24-12-16-6-4-3-5-15(16)11-18(24)21(27)28-2/h3-10,18H,11-13H2,1-2H3,(H,22,26)(H,23,25)/p+1/t18-/m0/s1. The lowest BCUT2D eigenvalue weighted by atomic mass is 9.94. The van der Waals surface area contributed by atoms with Crippen LogP contribution in [0.4, 0.5) is 5.69 Å². The molecule has 1 heterocycles. The second-order valence-corrected chi connectivity index (χ2v) is 6.77. The van der Waals surface area contributed by atoms with E-state index in [-0.39, 0.29) is 24.3 Å². The highest BCUT2D eigenvalue weighted by molar-refractivity contribution is 5.95. The molecule has 2 amide bonds. The SMILES string of the molecule is CNC(=O)c1ccc(NC(=O)C[NH+]2Cc3ccccc3C[C@H]2C(=O)OC)cc1. The van der Waals surface area contributed by atoms with Crippen molar-refractivity contribution >= 4 is 23.5 Å². The Hall–Kier alpha value is -3.19. The third-order valence-electron chi connectivity index (χ3n) is 4.98. The van der Waals surface area contributed by atoms with Gasteiger partial charge in [0, 0.05) is 30.3 Å². The molecule has 7 heteroatoms. The van der Waals surface area contributed by atoms with E-state index in [0.717, 1.165) is 16.0 Å². The lowest BCUT2D eigenvalue weighted by molar-refractivity contribution is -0.924. The zero-order valence-corrected chi connectivity index (χ0v) is 16.0. The second-order valence-electron chi connectivity index (χ2n) is 6.77. The van der Waals surface area contributed by atoms with E-state index in [1.807, 2.05) is 24.3 Å². The molecule has 0 bridgehead atoms. The van der Waals surface area contributed by atoms with Crippen molar-refractivity contribution in [1.82, 2.24) is 5.32 Å². The van der Waals surface area contributed by atoms with Gasteiger partial charge in [-0.05, 0) is 29.8 Å². The van der Waals surface area contributed by atoms with Crippen molar-refractivity contribution in [2.75, 3.05) is 26.0 Å². The number of rotatable bonds is 5. The zero-order valence-electron chi connectivity index (χ0n) is 16.0. The Kier molecular flexibility index (Phi) is 6.06. The molecule has 3 N–H and O–H groups in total. The third-order valence-corrected chi connectivity index (χ3v) is 4.98. The first kappa shape index (κ1) is 19.6. The highest BCUT2D eigenvalue weighted by Crippen LogP contribution is 2.14. The monoisotopic (exact) mass is 382 g/mol. The first-order valence-electron chi connectivity index (χ1n) is 9.13. The summed E-state index contributed by atoms with van der Waals surface area (Å²) in [6.45, 7) is 0.726. The molecule has 28 heavy (non-hydrogen) atoms. The molecule has 0 aliphatic carbocycles. The van der Waals surface area contributed by atoms with Crippen LogP contribution >= 0.6 is 0 Å². The third kappa shape index (κ3) is 4.37. The Morgan fingerprint density at radius 1 is 1.07 bits per heavy atom. The summed E-state index contributed by atoms with van der Waals surface area (Å²) in [5, 5.41) is 5.38. The molecule has 146 valence electrons. The van der Waals surface area contributed by atoms with Gasteiger partial charge in [0.05, 0.1) is 7.11 Å². The molecule has 2 aromatic rings. The van der Waals surface area contributed by atoms with Gasteiger partial charge in [-0.2, -0.15) is 0 Å². The predicted octanol–water partition coefficient (Wildman–Crippen LogP) is 0.168. The van der Waals surface area contributed by atoms with Gasteiger partial charge in [-0.25, -0.2) is 4.79 Å². The van der Waals surface area contributed by atoms with E-state index in [9.17, 15) is 14.4 Å². The summed E-state index contributed by atoms with van der Waals surface area (Å²) in [5.74, 6) is -0.696. The zero-order chi connectivity index (χ0) is 20.1. The molecule has 7 nitrogen and oxygen atoms in total. The van der Waals surface area contributed by atoms with Gasteiger partial charge >= 0.3 is 5.97 Å². The maximum atomic E-state index is 12.6. The van der Waals surface area contributed by atoms with Gasteiger partial charge in [0.2, 0.25) is 0 Å². The molecule has 1 aliphatic rings. The number of hydrogen-bond acceptors (Lipinski definition) is 4. The second kappa shape index (κ2) is 8.67. The molecule has 1 unspecified atom stereocenters. The summed E-state index contributed by atoms with van der Waals surface area (Å²) in [6.07, 6.45) is 0.548. The van der Waals surface area contributed by atoms with E-state index in [1.54, 1.807) is 31.3 Å². The quantitative estimate of drug-likeness (QED) is 0.643. The van der Waals surface area contributed by atoms with Gasteiger partial charge in [-0.3, -0.25) is 9.59 Å². The predicted molar refractivity (Wildman–Crippen MR) is 104 cm³/mol. The van der Waals surface area contributed by atoms with Crippen LogP contribution in [0, 0.1) is 0 Å². The summed E-state index contributed by atoms with van der Waals surface area (Å²) in [4.78, 5) is 37.2. The Morgan fingerprint density at radius 3 is 2.39 bits per heavy atom. The van der Waals surface area contributed by atoms with E-state index in [1.165, 1.54) is 7.11 Å². The average molecular weight is 382 g/mol. The number of methoxy groups -OCH3 is 1. The van der Waals surface area contributed by atoms with E-state index in [2.05, 4.69) is 10.6 Å². The number of esters is 1. The van der Waals surface area contributed by atoms with E-state index in [4.69, 9.17) is 4.74 Å². The Labute approximate surface area is 163 Å². The van der Waals surface area contributed by atoms with Crippen LogP contribution in [0.15, 0.2) is 48.5 Å². The van der Waals surface area contributed by atoms with Crippen LogP contribution in [-0.2, 0) is 27.3 Å². The van der Waals surface area contributed by atoms with Crippen molar-refractivity contribution in [3.05, 3.63) is 65.2 Å². The van der Waals surface area contributed by atoms with Gasteiger partial charge in [0.1, 0.15) is 6.54 Å². The number of amides is 2. The number of carbonyl (C=O) groups excluding carboxylic acids is 3. The Bertz CT molecular complexity index is 879. The molecule has 0 aromatic heterocycles. The van der Waals surface area contributed by atoms with Gasteiger partial charge in [0.25, 0.3) is 11.8 Å². The number of hydrogen-bond donors (Lipinski definition) is 3. The van der Waals surface area contributed by atoms with Crippen molar-refractivity contribution in [3.8, 4) is 0 Å². The maximum absolute atomic E-state index is 12.6. The Morgan fingerprint density at radius 2 is 1.75 bits per heavy atom. The van der Waals surface area contributed by atoms with Crippen molar-refractivity contribution in [2.45, 2.75) is 19.0 Å². The largest absolute Gasteiger partial charge is 0.465 e. The van der Waals surface area contributed by atoms with Crippen LogP contribution in [0.3, 0.4) is 0 Å². The topological polar surface area (TPSA) is 88.9 Å². The van der Waals surface area contributed by atoms with E-state index >= 15 is 0 Å². The first-order chi connectivity index (χ1) is 13.5. The molecule has 0 saturated heterocycles. The summed E-state index contributed by atoms with van der Waals surface area (Å²) in [6, 6.07) is 14.2. The van der Waals surface area contributed by atoms with Crippen LogP contribution < -0.4 is 15.5 Å². The number of ether oxygens (including phenoxy) is 1. The minimum absolute atomic E-state index is 0.144. The fourth-order valence-electron chi connectivity index (χ4n) is 3.50. The molecule has 0 radical (unpaired) electrons. The molecule has 3 rings (SSSR count). The van der Waals surface area contributed by atoms with Crippen LogP contribution in [0.2, 0.25) is 0 Å². The minimum atomic E-state index is -0.415. The summed E-state index contributed by atoms with van der Waals surface area (Å²) in [5.41, 5.74) is 3.38. The maximum Gasteiger partial charge on any atom is 0.365 e. The first-order valence-corrected chi connectivity index (χ1v) is 9.13. The molecule has 0 spiro atoms. The average Bonchev–Trinajstić information content (AvgIpc) is 2.72. The van der Waals surface area contributed by atoms with Crippen molar-refractivity contribution < 1.29 is 24.0 Å². The smallest absolute Gasteiger partial charge is 0.365 e. The molecule has 2 atom stereocenters. The lowest BCUT2D eigenvalue weighted by Crippen LogP contribution is -3.17. The highest BCUT2D eigenvalue weighted by Gasteiger charge is 2.37. The molecular formula is C21H24N3O4+. The van der Waals surface area contributed by atoms with Crippen LogP contribution in [0.25, 0.3) is 0 Å². The fraction of sp³-hybridized carbons (Fsp3) is 0.286. The van der Waals surface area contributed by atoms with Gasteiger partial charge < -0.3 is 20.3 Å². The molecule has 1 aliphatic heterocycles. The fourth-order valence-corrected chi connectivity index (χ4v) is 3.50. The number of carbonyl (C=O) groups is 3. The van der Waals surface area contributed by atoms with Gasteiger partial charge in [-0.1, -0.05) is 24.3 Å². The molecular weight excluding hydrogens is 358 g/mol. The van der Waals surface area contributed by atoms with Gasteiger partial charge in [0.15, 0.2) is 12.6 Å². The Balaban J connectivity index is 1.69. The number of quaternary nitrogens is 1. The highest BCUT2D eigenvalue weighted by atomic mass is 16.5. The molecule has 0 fully saturated rings. The lowest BCUT2D eigenvalue weighted by Gasteiger charge is -2.31. The molecule has 0 saturated carbocycles. The summed E-state index contributed by atoms with van der Waals surface area (Å²) >= 11 is 0. The van der Waals surface area contributed by atoms with Crippen LogP contribution in [0.5, 0.6) is 0 Å². The number of anilines is 1. The number of benzene rings is 2. The van der Waals surface area contributed by atoms with E-state index in [0.29, 0.717) is 24.2 Å². The van der Waals surface area contributed by atoms with Crippen molar-refractivity contribution in [2.24, 2.45) is 0 Å². The number of nitrogens with one attached hydrogen (secondary N) is 3. The van der Waals surface area contributed by atoms with Crippen LogP contribution in [0.1, 0.15) is 21.5 Å². The molecule has 2 aromatic carbocycles. The summed E-state index contributed by atoms with van der Waals surface area (Å²) in [7, 11) is 2.93. The van der Waals surface area contributed by atoms with Crippen molar-refractivity contribution in [3.63, 3.8) is 0 Å². The van der Waals surface area contributed by atoms with E-state index < -0.39 is 6.04 Å². The van der Waals surface area contributed by atoms with Crippen molar-refractivity contribution in [1.29, 1.82) is 0 Å². The minimum Gasteiger partial charge on any atom is -0.465 e. The number of fused-ring (bicyclic) bond motifs is 1. The van der Waals surface area contributed by atoms with Gasteiger partial charge in [-0.15, -0.1) is 0 Å².